The van der Waals surface area contributed by atoms with Crippen LogP contribution in [0, 0.1) is 0 Å². The quantitative estimate of drug-likeness (QED) is 0.450. The van der Waals surface area contributed by atoms with Gasteiger partial charge in [0.25, 0.3) is 5.89 Å². The molecule has 0 N–H and O–H groups in total. The lowest BCUT2D eigenvalue weighted by molar-refractivity contribution is -0.157. The molecule has 2 aliphatic heterocycles. The molecule has 0 atom stereocenters. The zero-order valence-corrected chi connectivity index (χ0v) is 19.9. The van der Waals surface area contributed by atoms with Gasteiger partial charge >= 0.3 is 0 Å². The molecule has 4 amide bonds. The van der Waals surface area contributed by atoms with Gasteiger partial charge in [0, 0.05) is 24.9 Å². The van der Waals surface area contributed by atoms with E-state index in [-0.39, 0.29) is 44.3 Å². The van der Waals surface area contributed by atoms with Crippen molar-refractivity contribution in [1.82, 2.24) is 24.9 Å². The highest BCUT2D eigenvalue weighted by atomic mass is 16.5. The predicted octanol–water partition coefficient (Wildman–Crippen LogP) is 1.50. The number of carbonyl (C=O) groups is 4. The summed E-state index contributed by atoms with van der Waals surface area (Å²) in [6.45, 7) is -0.617. The molecule has 3 heterocycles. The number of piperazine rings is 1. The Labute approximate surface area is 212 Å². The number of carbonyl (C=O) groups excluding carboxylic acids is 4. The molecular weight excluding hydrogens is 476 g/mol. The van der Waals surface area contributed by atoms with Gasteiger partial charge in [-0.2, -0.15) is 10.1 Å². The number of benzene rings is 2. The van der Waals surface area contributed by atoms with Crippen molar-refractivity contribution >= 4 is 29.3 Å². The van der Waals surface area contributed by atoms with Crippen molar-refractivity contribution in [2.24, 2.45) is 5.10 Å². The largest absolute Gasteiger partial charge is 0.332 e. The van der Waals surface area contributed by atoms with E-state index < -0.39 is 24.3 Å². The number of hydrogen-bond acceptors (Lipinski definition) is 8. The minimum atomic E-state index is -0.543. The topological polar surface area (TPSA) is 129 Å². The SMILES string of the molecule is O=C(CN1N=C(c2nc(-c3ccccc3)no2)CCC1=O)N1CC(=O)N(CCc2ccccc2)C(=O)C1. The maximum absolute atomic E-state index is 12.9. The van der Waals surface area contributed by atoms with Crippen molar-refractivity contribution in [2.45, 2.75) is 19.3 Å². The van der Waals surface area contributed by atoms with Crippen molar-refractivity contribution in [1.29, 1.82) is 0 Å². The van der Waals surface area contributed by atoms with E-state index in [2.05, 4.69) is 15.2 Å². The molecule has 0 radical (unpaired) electrons. The number of hydrazone groups is 1. The lowest BCUT2D eigenvalue weighted by Gasteiger charge is -2.33. The maximum atomic E-state index is 12.9. The summed E-state index contributed by atoms with van der Waals surface area (Å²) in [5, 5.41) is 9.27. The molecule has 3 aromatic rings. The first kappa shape index (κ1) is 24.0. The van der Waals surface area contributed by atoms with Crippen LogP contribution in [0.2, 0.25) is 0 Å². The van der Waals surface area contributed by atoms with E-state index in [1.807, 2.05) is 60.7 Å². The smallest absolute Gasteiger partial charge is 0.274 e. The van der Waals surface area contributed by atoms with Crippen LogP contribution in [0.1, 0.15) is 24.3 Å². The first-order valence-electron chi connectivity index (χ1n) is 11.9. The number of hydrogen-bond donors (Lipinski definition) is 0. The number of aromatic nitrogens is 2. The van der Waals surface area contributed by atoms with Gasteiger partial charge in [0.2, 0.25) is 29.5 Å². The third-order valence-electron chi connectivity index (χ3n) is 6.17. The molecule has 0 spiro atoms. The highest BCUT2D eigenvalue weighted by Crippen LogP contribution is 2.19. The molecule has 0 saturated carbocycles. The zero-order valence-electron chi connectivity index (χ0n) is 19.9. The van der Waals surface area contributed by atoms with Gasteiger partial charge in [-0.15, -0.1) is 0 Å². The lowest BCUT2D eigenvalue weighted by atomic mass is 10.1. The Morgan fingerprint density at radius 1 is 0.865 bits per heavy atom. The molecule has 5 rings (SSSR count). The summed E-state index contributed by atoms with van der Waals surface area (Å²) in [6.07, 6.45) is 0.936. The normalized spacial score (nSPS) is 16.3. The Bertz CT molecular complexity index is 1340. The molecule has 2 aliphatic rings. The second-order valence-corrected chi connectivity index (χ2v) is 8.71. The number of amides is 4. The molecule has 1 fully saturated rings. The van der Waals surface area contributed by atoms with Gasteiger partial charge in [-0.25, -0.2) is 5.01 Å². The molecule has 1 aromatic heterocycles. The monoisotopic (exact) mass is 500 g/mol. The van der Waals surface area contributed by atoms with Crippen LogP contribution in [0.15, 0.2) is 70.3 Å². The van der Waals surface area contributed by atoms with Crippen LogP contribution in [0.25, 0.3) is 11.4 Å². The summed E-state index contributed by atoms with van der Waals surface area (Å²) in [7, 11) is 0. The van der Waals surface area contributed by atoms with Gasteiger partial charge in [0.05, 0.1) is 0 Å². The number of rotatable bonds is 7. The van der Waals surface area contributed by atoms with E-state index in [1.165, 1.54) is 4.90 Å². The molecule has 0 bridgehead atoms. The summed E-state index contributed by atoms with van der Waals surface area (Å²) in [4.78, 5) is 57.3. The fourth-order valence-electron chi connectivity index (χ4n) is 4.16. The Morgan fingerprint density at radius 3 is 2.24 bits per heavy atom. The molecule has 188 valence electrons. The van der Waals surface area contributed by atoms with E-state index in [1.54, 1.807) is 0 Å². The minimum Gasteiger partial charge on any atom is -0.332 e. The van der Waals surface area contributed by atoms with E-state index in [4.69, 9.17) is 4.52 Å². The summed E-state index contributed by atoms with van der Waals surface area (Å²) in [5.41, 5.74) is 2.17. The van der Waals surface area contributed by atoms with Crippen LogP contribution in [0.5, 0.6) is 0 Å². The van der Waals surface area contributed by atoms with E-state index >= 15 is 0 Å². The Balaban J connectivity index is 1.22. The van der Waals surface area contributed by atoms with Crippen LogP contribution in [0.4, 0.5) is 0 Å². The Hall–Kier alpha value is -4.67. The fourth-order valence-corrected chi connectivity index (χ4v) is 4.16. The molecule has 0 unspecified atom stereocenters. The van der Waals surface area contributed by atoms with Gasteiger partial charge in [-0.05, 0) is 12.0 Å². The van der Waals surface area contributed by atoms with Crippen LogP contribution >= 0.6 is 0 Å². The fraction of sp³-hybridized carbons (Fsp3) is 0.269. The van der Waals surface area contributed by atoms with Crippen LogP contribution in [-0.2, 0) is 25.6 Å². The molecule has 1 saturated heterocycles. The Morgan fingerprint density at radius 2 is 1.54 bits per heavy atom. The average molecular weight is 501 g/mol. The highest BCUT2D eigenvalue weighted by molar-refractivity contribution is 6.04. The van der Waals surface area contributed by atoms with Gasteiger partial charge in [-0.1, -0.05) is 65.8 Å². The third-order valence-corrected chi connectivity index (χ3v) is 6.17. The van der Waals surface area contributed by atoms with Crippen molar-refractivity contribution in [2.75, 3.05) is 26.2 Å². The second-order valence-electron chi connectivity index (χ2n) is 8.71. The number of imide groups is 1. The third kappa shape index (κ3) is 5.45. The maximum Gasteiger partial charge on any atom is 0.274 e. The summed E-state index contributed by atoms with van der Waals surface area (Å²) in [5.74, 6) is -1.23. The van der Waals surface area contributed by atoms with Gasteiger partial charge < -0.3 is 9.42 Å². The Kier molecular flexibility index (Phi) is 6.84. The molecule has 37 heavy (non-hydrogen) atoms. The van der Waals surface area contributed by atoms with Gasteiger partial charge in [-0.3, -0.25) is 24.1 Å². The van der Waals surface area contributed by atoms with Gasteiger partial charge in [0.1, 0.15) is 25.3 Å². The van der Waals surface area contributed by atoms with E-state index in [9.17, 15) is 19.2 Å². The highest BCUT2D eigenvalue weighted by Gasteiger charge is 2.35. The lowest BCUT2D eigenvalue weighted by Crippen LogP contribution is -2.57. The van der Waals surface area contributed by atoms with E-state index in [0.29, 0.717) is 18.0 Å². The molecule has 0 aliphatic carbocycles. The summed E-state index contributed by atoms with van der Waals surface area (Å²) in [6, 6.07) is 18.8. The van der Waals surface area contributed by atoms with Gasteiger partial charge in [0.15, 0.2) is 0 Å². The standard InChI is InChI=1S/C26H24N6O5/c33-21-12-11-20(26-27-25(29-37-26)19-9-5-2-6-10-19)28-32(21)17-22(34)30-15-23(35)31(24(36)16-30)14-13-18-7-3-1-4-8-18/h1-10H,11-17H2. The second kappa shape index (κ2) is 10.5. The average Bonchev–Trinajstić information content (AvgIpc) is 3.41. The van der Waals surface area contributed by atoms with E-state index in [0.717, 1.165) is 21.0 Å². The van der Waals surface area contributed by atoms with Crippen molar-refractivity contribution in [3.05, 3.63) is 72.1 Å². The zero-order chi connectivity index (χ0) is 25.8. The van der Waals surface area contributed by atoms with Crippen molar-refractivity contribution in [3.8, 4) is 11.4 Å². The molecular formula is C26H24N6O5. The molecule has 2 aromatic carbocycles. The molecule has 11 nitrogen and oxygen atoms in total. The molecule has 11 heteroatoms. The first-order chi connectivity index (χ1) is 18.0. The van der Waals surface area contributed by atoms with Crippen molar-refractivity contribution < 1.29 is 23.7 Å². The summed E-state index contributed by atoms with van der Waals surface area (Å²) >= 11 is 0. The predicted molar refractivity (Wildman–Crippen MR) is 131 cm³/mol. The first-order valence-corrected chi connectivity index (χ1v) is 11.9. The van der Waals surface area contributed by atoms with Crippen LogP contribution in [-0.4, -0.2) is 80.5 Å². The minimum absolute atomic E-state index is 0.111. The summed E-state index contributed by atoms with van der Waals surface area (Å²) < 4.78 is 5.34. The number of nitrogens with zero attached hydrogens (tertiary/aromatic N) is 6. The van der Waals surface area contributed by atoms with Crippen molar-refractivity contribution in [3.63, 3.8) is 0 Å². The van der Waals surface area contributed by atoms with Crippen LogP contribution in [0.3, 0.4) is 0 Å². The van der Waals surface area contributed by atoms with Crippen LogP contribution < -0.4 is 0 Å².